The Hall–Kier alpha value is -0.890. The van der Waals surface area contributed by atoms with Gasteiger partial charge in [-0.3, -0.25) is 4.57 Å². The van der Waals surface area contributed by atoms with E-state index in [9.17, 15) is 9.46 Å². The molecule has 0 saturated carbocycles. The topological polar surface area (TPSA) is 46.5 Å². The molecule has 3 nitrogen and oxygen atoms in total. The Morgan fingerprint density at radius 3 is 2.60 bits per heavy atom. The van der Waals surface area contributed by atoms with Crippen LogP contribution >= 0.6 is 7.60 Å². The van der Waals surface area contributed by atoms with Gasteiger partial charge in [-0.1, -0.05) is 37.3 Å². The van der Waals surface area contributed by atoms with Crippen LogP contribution in [-0.2, 0) is 9.09 Å². The molecule has 1 aromatic rings. The fourth-order valence-corrected chi connectivity index (χ4v) is 2.06. The first-order valence-corrected chi connectivity index (χ1v) is 6.42. The van der Waals surface area contributed by atoms with Crippen molar-refractivity contribution in [2.75, 3.05) is 6.61 Å². The molecule has 1 N–H and O–H groups in total. The Bertz CT molecular complexity index is 359. The minimum atomic E-state index is -3.64. The highest BCUT2D eigenvalue weighted by Gasteiger charge is 2.20. The molecule has 1 rings (SSSR count). The molecule has 0 aliphatic heterocycles. The molecule has 0 heterocycles. The summed E-state index contributed by atoms with van der Waals surface area (Å²) in [5.74, 6) is 0. The third kappa shape index (κ3) is 4.00. The Labute approximate surface area is 89.9 Å². The minimum Gasteiger partial charge on any atom is -0.321 e. The summed E-state index contributed by atoms with van der Waals surface area (Å²) in [5, 5.41) is 0.329. The molecular weight excluding hydrogens is 211 g/mol. The number of benzene rings is 1. The van der Waals surface area contributed by atoms with E-state index in [-0.39, 0.29) is 6.61 Å². The van der Waals surface area contributed by atoms with Crippen molar-refractivity contribution >= 4 is 12.9 Å². The zero-order valence-corrected chi connectivity index (χ0v) is 9.56. The Balaban J connectivity index is 2.60. The lowest BCUT2D eigenvalue weighted by Gasteiger charge is -2.10. The summed E-state index contributed by atoms with van der Waals surface area (Å²) in [6, 6.07) is 8.39. The van der Waals surface area contributed by atoms with E-state index < -0.39 is 7.60 Å². The van der Waals surface area contributed by atoms with Gasteiger partial charge in [-0.25, -0.2) is 0 Å². The van der Waals surface area contributed by atoms with Crippen molar-refractivity contribution in [2.24, 2.45) is 0 Å². The first-order chi connectivity index (χ1) is 7.17. The van der Waals surface area contributed by atoms with Crippen LogP contribution in [0.1, 0.15) is 13.3 Å². The predicted octanol–water partition coefficient (Wildman–Crippen LogP) is 2.48. The zero-order valence-electron chi connectivity index (χ0n) is 8.67. The highest BCUT2D eigenvalue weighted by molar-refractivity contribution is 7.61. The summed E-state index contributed by atoms with van der Waals surface area (Å²) in [7, 11) is -3.64. The van der Waals surface area contributed by atoms with Crippen molar-refractivity contribution in [3.05, 3.63) is 42.5 Å². The first-order valence-electron chi connectivity index (χ1n) is 4.85. The smallest absolute Gasteiger partial charge is 0.321 e. The van der Waals surface area contributed by atoms with Gasteiger partial charge in [0, 0.05) is 0 Å². The van der Waals surface area contributed by atoms with Gasteiger partial charge in [0.15, 0.2) is 0 Å². The van der Waals surface area contributed by atoms with E-state index >= 15 is 0 Å². The lowest BCUT2D eigenvalue weighted by molar-refractivity contribution is 0.298. The Kier molecular flexibility index (Phi) is 4.76. The third-order valence-corrected chi connectivity index (χ3v) is 3.28. The molecule has 0 aliphatic rings. The number of hydrogen-bond donors (Lipinski definition) is 1. The van der Waals surface area contributed by atoms with Gasteiger partial charge in [-0.15, -0.1) is 0 Å². The molecular formula is C11H15O3P. The van der Waals surface area contributed by atoms with Crippen molar-refractivity contribution in [3.8, 4) is 0 Å². The summed E-state index contributed by atoms with van der Waals surface area (Å²) >= 11 is 0. The van der Waals surface area contributed by atoms with E-state index in [0.29, 0.717) is 5.30 Å². The summed E-state index contributed by atoms with van der Waals surface area (Å²) in [5.41, 5.74) is 0. The first kappa shape index (κ1) is 12.2. The number of allylic oxidation sites excluding steroid dienone is 1. The van der Waals surface area contributed by atoms with E-state index in [4.69, 9.17) is 4.52 Å². The monoisotopic (exact) mass is 226 g/mol. The molecule has 1 atom stereocenters. The fourth-order valence-electron chi connectivity index (χ4n) is 1.07. The van der Waals surface area contributed by atoms with Gasteiger partial charge < -0.3 is 9.42 Å². The molecule has 0 fully saturated rings. The standard InChI is InChI=1S/C11H15O3P/c1-2-3-7-10-14-15(12,13)11-8-5-4-6-9-11/h3-9H,2,10H2,1H3,(H,12,13). The second-order valence-corrected chi connectivity index (χ2v) is 4.85. The van der Waals surface area contributed by atoms with Crippen LogP contribution in [0.15, 0.2) is 42.5 Å². The summed E-state index contributed by atoms with van der Waals surface area (Å²) in [6.45, 7) is 2.16. The average molecular weight is 226 g/mol. The molecule has 0 amide bonds. The van der Waals surface area contributed by atoms with Crippen LogP contribution < -0.4 is 5.30 Å². The molecule has 0 aromatic heterocycles. The molecule has 15 heavy (non-hydrogen) atoms. The minimum absolute atomic E-state index is 0.163. The summed E-state index contributed by atoms with van der Waals surface area (Å²) in [4.78, 5) is 9.58. The Morgan fingerprint density at radius 2 is 2.00 bits per heavy atom. The van der Waals surface area contributed by atoms with Crippen molar-refractivity contribution in [1.82, 2.24) is 0 Å². The van der Waals surface area contributed by atoms with Gasteiger partial charge in [0.25, 0.3) is 0 Å². The van der Waals surface area contributed by atoms with Crippen LogP contribution in [0.3, 0.4) is 0 Å². The zero-order chi connectivity index (χ0) is 11.1. The van der Waals surface area contributed by atoms with Gasteiger partial charge >= 0.3 is 7.60 Å². The summed E-state index contributed by atoms with van der Waals surface area (Å²) < 4.78 is 16.6. The normalized spacial score (nSPS) is 15.3. The molecule has 0 bridgehead atoms. The molecule has 82 valence electrons. The van der Waals surface area contributed by atoms with Gasteiger partial charge in [-0.2, -0.15) is 0 Å². The van der Waals surface area contributed by atoms with Crippen LogP contribution in [0, 0.1) is 0 Å². The lowest BCUT2D eigenvalue weighted by atomic mass is 10.4. The van der Waals surface area contributed by atoms with Crippen LogP contribution in [0.5, 0.6) is 0 Å². The lowest BCUT2D eigenvalue weighted by Crippen LogP contribution is -2.06. The average Bonchev–Trinajstić information content (AvgIpc) is 2.26. The second kappa shape index (κ2) is 5.86. The van der Waals surface area contributed by atoms with Gasteiger partial charge in [-0.05, 0) is 18.6 Å². The molecule has 1 unspecified atom stereocenters. The maximum atomic E-state index is 11.7. The molecule has 0 spiro atoms. The van der Waals surface area contributed by atoms with E-state index in [0.717, 1.165) is 6.42 Å². The highest BCUT2D eigenvalue weighted by atomic mass is 31.2. The van der Waals surface area contributed by atoms with Crippen molar-refractivity contribution < 1.29 is 14.0 Å². The number of rotatable bonds is 5. The van der Waals surface area contributed by atoms with Crippen molar-refractivity contribution in [1.29, 1.82) is 0 Å². The predicted molar refractivity (Wildman–Crippen MR) is 61.3 cm³/mol. The SMILES string of the molecule is CCC=CCOP(=O)(O)c1ccccc1. The van der Waals surface area contributed by atoms with Gasteiger partial charge in [0.05, 0.1) is 11.9 Å². The van der Waals surface area contributed by atoms with Gasteiger partial charge in [0.2, 0.25) is 0 Å². The molecule has 0 aliphatic carbocycles. The van der Waals surface area contributed by atoms with Gasteiger partial charge in [0.1, 0.15) is 0 Å². The van der Waals surface area contributed by atoms with Crippen LogP contribution in [0.25, 0.3) is 0 Å². The summed E-state index contributed by atoms with van der Waals surface area (Å²) in [6.07, 6.45) is 4.53. The Morgan fingerprint density at radius 1 is 1.33 bits per heavy atom. The maximum Gasteiger partial charge on any atom is 0.359 e. The molecule has 1 aromatic carbocycles. The molecule has 4 heteroatoms. The molecule has 0 saturated heterocycles. The van der Waals surface area contributed by atoms with Crippen LogP contribution in [0.4, 0.5) is 0 Å². The van der Waals surface area contributed by atoms with E-state index in [1.807, 2.05) is 13.0 Å². The van der Waals surface area contributed by atoms with E-state index in [2.05, 4.69) is 0 Å². The van der Waals surface area contributed by atoms with Crippen molar-refractivity contribution in [2.45, 2.75) is 13.3 Å². The fraction of sp³-hybridized carbons (Fsp3) is 0.273. The maximum absolute atomic E-state index is 11.7. The highest BCUT2D eigenvalue weighted by Crippen LogP contribution is 2.40. The second-order valence-electron chi connectivity index (χ2n) is 3.03. The van der Waals surface area contributed by atoms with E-state index in [1.165, 1.54) is 0 Å². The van der Waals surface area contributed by atoms with Crippen LogP contribution in [-0.4, -0.2) is 11.5 Å². The largest absolute Gasteiger partial charge is 0.359 e. The van der Waals surface area contributed by atoms with Crippen LogP contribution in [0.2, 0.25) is 0 Å². The van der Waals surface area contributed by atoms with Crippen molar-refractivity contribution in [3.63, 3.8) is 0 Å². The quantitative estimate of drug-likeness (QED) is 0.619. The number of hydrogen-bond acceptors (Lipinski definition) is 2. The van der Waals surface area contributed by atoms with E-state index in [1.54, 1.807) is 36.4 Å². The third-order valence-electron chi connectivity index (χ3n) is 1.83. The molecule has 0 radical (unpaired) electrons.